The van der Waals surface area contributed by atoms with E-state index in [1.165, 1.54) is 4.57 Å². The van der Waals surface area contributed by atoms with Gasteiger partial charge in [0.25, 0.3) is 0 Å². The third-order valence-corrected chi connectivity index (χ3v) is 4.04. The second kappa shape index (κ2) is 7.21. The molecule has 0 unspecified atom stereocenters. The number of aryl methyl sites for hydroxylation is 1. The van der Waals surface area contributed by atoms with Gasteiger partial charge in [0, 0.05) is 25.4 Å². The van der Waals surface area contributed by atoms with Gasteiger partial charge in [-0.15, -0.1) is 0 Å². The molecule has 3 aromatic rings. The summed E-state index contributed by atoms with van der Waals surface area (Å²) < 4.78 is 8.17. The Balaban J connectivity index is 1.73. The van der Waals surface area contributed by atoms with E-state index in [1.54, 1.807) is 23.9 Å². The third-order valence-electron chi connectivity index (χ3n) is 4.04. The quantitative estimate of drug-likeness (QED) is 0.738. The van der Waals surface area contributed by atoms with Crippen molar-refractivity contribution >= 4 is 16.9 Å². The molecule has 0 spiro atoms. The Labute approximate surface area is 144 Å². The van der Waals surface area contributed by atoms with Crippen LogP contribution in [0.5, 0.6) is 5.88 Å². The number of hydrogen-bond acceptors (Lipinski definition) is 4. The summed E-state index contributed by atoms with van der Waals surface area (Å²) in [5.41, 5.74) is 2.28. The topological polar surface area (TPSA) is 78.2 Å². The Morgan fingerprint density at radius 1 is 1.16 bits per heavy atom. The van der Waals surface area contributed by atoms with Gasteiger partial charge >= 0.3 is 5.69 Å². The lowest BCUT2D eigenvalue weighted by molar-refractivity contribution is -0.121. The predicted molar refractivity (Wildman–Crippen MR) is 94.5 cm³/mol. The van der Waals surface area contributed by atoms with Gasteiger partial charge in [0.05, 0.1) is 18.1 Å². The van der Waals surface area contributed by atoms with E-state index >= 15 is 0 Å². The van der Waals surface area contributed by atoms with Gasteiger partial charge in [-0.25, -0.2) is 9.78 Å². The maximum absolute atomic E-state index is 12.5. The highest BCUT2D eigenvalue weighted by molar-refractivity contribution is 5.80. The number of hydrogen-bond donors (Lipinski definition) is 1. The van der Waals surface area contributed by atoms with Crippen molar-refractivity contribution < 1.29 is 9.53 Å². The predicted octanol–water partition coefficient (Wildman–Crippen LogP) is 1.54. The molecule has 1 amide bonds. The number of amides is 1. The van der Waals surface area contributed by atoms with Crippen molar-refractivity contribution in [2.75, 3.05) is 7.11 Å². The summed E-state index contributed by atoms with van der Waals surface area (Å²) in [5.74, 6) is 0.297. The summed E-state index contributed by atoms with van der Waals surface area (Å²) in [5, 5.41) is 2.82. The molecule has 0 saturated carbocycles. The largest absolute Gasteiger partial charge is 0.481 e. The van der Waals surface area contributed by atoms with Gasteiger partial charge in [-0.3, -0.25) is 13.9 Å². The number of imidazole rings is 1. The van der Waals surface area contributed by atoms with E-state index in [9.17, 15) is 9.59 Å². The first-order valence-corrected chi connectivity index (χ1v) is 8.07. The fraction of sp³-hybridized carbons (Fsp3) is 0.278. The normalized spacial score (nSPS) is 10.8. The molecular formula is C18H20N4O3. The summed E-state index contributed by atoms with van der Waals surface area (Å²) in [6.45, 7) is 2.80. The molecule has 0 fully saturated rings. The van der Waals surface area contributed by atoms with Crippen LogP contribution in [0.25, 0.3) is 11.0 Å². The van der Waals surface area contributed by atoms with Gasteiger partial charge in [0.2, 0.25) is 11.8 Å². The first kappa shape index (κ1) is 16.8. The zero-order chi connectivity index (χ0) is 17.8. The lowest BCUT2D eigenvalue weighted by Crippen LogP contribution is -2.32. The Morgan fingerprint density at radius 2 is 1.88 bits per heavy atom. The molecule has 7 heteroatoms. The van der Waals surface area contributed by atoms with Gasteiger partial charge in [-0.2, -0.15) is 0 Å². The number of aromatic nitrogens is 3. The molecule has 0 saturated heterocycles. The molecule has 0 aliphatic rings. The Morgan fingerprint density at radius 3 is 2.48 bits per heavy atom. The Bertz CT molecular complexity index is 941. The first-order valence-electron chi connectivity index (χ1n) is 8.07. The third kappa shape index (κ3) is 3.40. The molecule has 0 aliphatic carbocycles. The van der Waals surface area contributed by atoms with Crippen LogP contribution in [0.15, 0.2) is 47.4 Å². The molecule has 0 atom stereocenters. The molecule has 1 aromatic carbocycles. The summed E-state index contributed by atoms with van der Waals surface area (Å²) in [4.78, 5) is 28.9. The van der Waals surface area contributed by atoms with E-state index in [1.807, 2.05) is 37.3 Å². The van der Waals surface area contributed by atoms with Gasteiger partial charge < -0.3 is 10.1 Å². The average Bonchev–Trinajstić information content (AvgIpc) is 2.91. The molecule has 2 heterocycles. The summed E-state index contributed by atoms with van der Waals surface area (Å²) in [6, 6.07) is 11.1. The van der Waals surface area contributed by atoms with Gasteiger partial charge in [0.15, 0.2) is 0 Å². The van der Waals surface area contributed by atoms with E-state index < -0.39 is 0 Å². The minimum atomic E-state index is -0.225. The number of methoxy groups -OCH3 is 1. The highest BCUT2D eigenvalue weighted by Crippen LogP contribution is 2.12. The van der Waals surface area contributed by atoms with E-state index in [4.69, 9.17) is 4.74 Å². The molecular weight excluding hydrogens is 320 g/mol. The van der Waals surface area contributed by atoms with Gasteiger partial charge in [-0.1, -0.05) is 18.2 Å². The smallest absolute Gasteiger partial charge is 0.329 e. The van der Waals surface area contributed by atoms with Crippen molar-refractivity contribution in [1.82, 2.24) is 19.4 Å². The van der Waals surface area contributed by atoms with Crippen molar-refractivity contribution in [2.24, 2.45) is 0 Å². The standard InChI is InChI=1S/C18H20N4O3/c1-3-21-14-6-4-5-7-15(14)22(18(21)24)12-16(23)19-10-13-8-9-17(25-2)20-11-13/h4-9,11H,3,10,12H2,1-2H3,(H,19,23). The average molecular weight is 340 g/mol. The summed E-state index contributed by atoms with van der Waals surface area (Å²) in [6.07, 6.45) is 1.65. The summed E-state index contributed by atoms with van der Waals surface area (Å²) >= 11 is 0. The van der Waals surface area contributed by atoms with E-state index in [0.29, 0.717) is 19.0 Å². The number of nitrogens with one attached hydrogen (secondary N) is 1. The molecule has 0 bridgehead atoms. The number of pyridine rings is 1. The lowest BCUT2D eigenvalue weighted by Gasteiger charge is -2.07. The second-order valence-corrected chi connectivity index (χ2v) is 5.59. The Hall–Kier alpha value is -3.09. The number of benzene rings is 1. The van der Waals surface area contributed by atoms with Crippen LogP contribution in [0.1, 0.15) is 12.5 Å². The van der Waals surface area contributed by atoms with Crippen molar-refractivity contribution in [3.8, 4) is 5.88 Å². The Kier molecular flexibility index (Phi) is 4.83. The molecule has 130 valence electrons. The van der Waals surface area contributed by atoms with Crippen molar-refractivity contribution in [2.45, 2.75) is 26.6 Å². The molecule has 0 radical (unpaired) electrons. The number of fused-ring (bicyclic) bond motifs is 1. The van der Waals surface area contributed by atoms with Crippen LogP contribution in [0.2, 0.25) is 0 Å². The van der Waals surface area contributed by atoms with E-state index in [2.05, 4.69) is 10.3 Å². The van der Waals surface area contributed by atoms with Crippen LogP contribution in [0.4, 0.5) is 0 Å². The monoisotopic (exact) mass is 340 g/mol. The SMILES string of the molecule is CCn1c(=O)n(CC(=O)NCc2ccc(OC)nc2)c2ccccc21. The first-order chi connectivity index (χ1) is 12.1. The zero-order valence-electron chi connectivity index (χ0n) is 14.2. The van der Waals surface area contributed by atoms with Crippen molar-refractivity contribution in [3.05, 3.63) is 58.6 Å². The molecule has 7 nitrogen and oxygen atoms in total. The number of nitrogens with zero attached hydrogens (tertiary/aromatic N) is 3. The van der Waals surface area contributed by atoms with Gasteiger partial charge in [-0.05, 0) is 24.6 Å². The maximum atomic E-state index is 12.5. The van der Waals surface area contributed by atoms with Crippen molar-refractivity contribution in [1.29, 1.82) is 0 Å². The van der Waals surface area contributed by atoms with Crippen LogP contribution >= 0.6 is 0 Å². The van der Waals surface area contributed by atoms with Crippen LogP contribution in [-0.4, -0.2) is 27.1 Å². The number of rotatable bonds is 6. The van der Waals surface area contributed by atoms with Crippen LogP contribution in [-0.2, 0) is 24.4 Å². The molecule has 0 aliphatic heterocycles. The van der Waals surface area contributed by atoms with Gasteiger partial charge in [0.1, 0.15) is 6.54 Å². The van der Waals surface area contributed by atoms with E-state index in [-0.39, 0.29) is 18.1 Å². The minimum absolute atomic E-state index is 0.0179. The van der Waals surface area contributed by atoms with E-state index in [0.717, 1.165) is 16.6 Å². The number of para-hydroxylation sites is 2. The fourth-order valence-corrected chi connectivity index (χ4v) is 2.77. The molecule has 1 N–H and O–H groups in total. The number of carbonyl (C=O) groups excluding carboxylic acids is 1. The fourth-order valence-electron chi connectivity index (χ4n) is 2.77. The second-order valence-electron chi connectivity index (χ2n) is 5.59. The summed E-state index contributed by atoms with van der Waals surface area (Å²) in [7, 11) is 1.55. The zero-order valence-corrected chi connectivity index (χ0v) is 14.2. The minimum Gasteiger partial charge on any atom is -0.481 e. The highest BCUT2D eigenvalue weighted by atomic mass is 16.5. The van der Waals surface area contributed by atoms with Crippen molar-refractivity contribution in [3.63, 3.8) is 0 Å². The molecule has 3 rings (SSSR count). The highest BCUT2D eigenvalue weighted by Gasteiger charge is 2.14. The van der Waals surface area contributed by atoms with Crippen LogP contribution < -0.4 is 15.7 Å². The lowest BCUT2D eigenvalue weighted by atomic mass is 10.3. The number of carbonyl (C=O) groups is 1. The van der Waals surface area contributed by atoms with Crippen LogP contribution in [0, 0.1) is 0 Å². The number of ether oxygens (including phenoxy) is 1. The van der Waals surface area contributed by atoms with Crippen LogP contribution in [0.3, 0.4) is 0 Å². The molecule has 25 heavy (non-hydrogen) atoms. The molecule has 2 aromatic heterocycles. The maximum Gasteiger partial charge on any atom is 0.329 e.